The van der Waals surface area contributed by atoms with Crippen LogP contribution >= 0.6 is 23.5 Å². The van der Waals surface area contributed by atoms with E-state index in [4.69, 9.17) is 4.74 Å². The number of para-hydroxylation sites is 1. The zero-order valence-electron chi connectivity index (χ0n) is 31.4. The molecule has 0 bridgehead atoms. The van der Waals surface area contributed by atoms with Crippen LogP contribution in [0.4, 0.5) is 0 Å². The van der Waals surface area contributed by atoms with Crippen molar-refractivity contribution in [2.75, 3.05) is 0 Å². The van der Waals surface area contributed by atoms with E-state index < -0.39 is 0 Å². The van der Waals surface area contributed by atoms with Gasteiger partial charge in [0.05, 0.1) is 0 Å². The molecule has 2 aliphatic carbocycles. The van der Waals surface area contributed by atoms with Crippen LogP contribution in [0.5, 0.6) is 11.5 Å². The van der Waals surface area contributed by atoms with E-state index in [1.165, 1.54) is 97.5 Å². The van der Waals surface area contributed by atoms with Gasteiger partial charge in [-0.3, -0.25) is 0 Å². The summed E-state index contributed by atoms with van der Waals surface area (Å²) in [6.07, 6.45) is 0. The number of hydrogen-bond acceptors (Lipinski definition) is 3. The van der Waals surface area contributed by atoms with Crippen LogP contribution < -0.4 is 4.74 Å². The maximum Gasteiger partial charge on any atom is 0.139 e. The first kappa shape index (κ1) is 32.5. The topological polar surface area (TPSA) is 9.23 Å². The summed E-state index contributed by atoms with van der Waals surface area (Å²) in [7, 11) is 0. The first-order chi connectivity index (χ1) is 26.0. The van der Waals surface area contributed by atoms with E-state index in [0.717, 1.165) is 11.5 Å². The van der Waals surface area contributed by atoms with Crippen molar-refractivity contribution >= 4 is 23.5 Å². The molecule has 7 aromatic carbocycles. The molecule has 0 amide bonds. The van der Waals surface area contributed by atoms with E-state index in [9.17, 15) is 0 Å². The van der Waals surface area contributed by atoms with Crippen LogP contribution in [-0.4, -0.2) is 0 Å². The second-order valence-corrected chi connectivity index (χ2v) is 19.0. The number of hydrogen-bond donors (Lipinski definition) is 0. The first-order valence-corrected chi connectivity index (χ1v) is 20.6. The van der Waals surface area contributed by atoms with Crippen molar-refractivity contribution in [1.82, 2.24) is 0 Å². The minimum absolute atomic E-state index is 0.0734. The summed E-state index contributed by atoms with van der Waals surface area (Å²) in [6.45, 7) is 14.1. The van der Waals surface area contributed by atoms with Gasteiger partial charge in [0.25, 0.3) is 0 Å². The molecule has 4 aliphatic rings. The average Bonchev–Trinajstić information content (AvgIpc) is 3.56. The molecule has 2 heterocycles. The Bertz CT molecular complexity index is 2770. The molecular formula is C51H40OS2. The summed E-state index contributed by atoms with van der Waals surface area (Å²) in [4.78, 5) is 5.47. The molecule has 0 radical (unpaired) electrons. The second-order valence-electron chi connectivity index (χ2n) is 16.9. The Morgan fingerprint density at radius 1 is 0.389 bits per heavy atom. The Labute approximate surface area is 326 Å². The molecule has 0 spiro atoms. The number of ether oxygens (including phenoxy) is 1. The molecule has 0 N–H and O–H groups in total. The Kier molecular flexibility index (Phi) is 6.65. The Hall–Kier alpha value is -4.96. The largest absolute Gasteiger partial charge is 0.456 e. The summed E-state index contributed by atoms with van der Waals surface area (Å²) >= 11 is 3.83. The molecule has 0 saturated carbocycles. The summed E-state index contributed by atoms with van der Waals surface area (Å²) in [5.74, 6) is 1.98. The van der Waals surface area contributed by atoms with Crippen LogP contribution in [0, 0.1) is 0 Å². The number of benzene rings is 7. The lowest BCUT2D eigenvalue weighted by atomic mass is 9.74. The maximum absolute atomic E-state index is 6.77. The standard InChI is InChI=1S/C51H40OS2/c1-49(2)35-11-7-8-12-41(35)52-47-38(49)24-23-36-45(47)33-21-19-31(27-39(33)50(36,3)4)29-15-17-30(18-16-29)32-20-22-34-40(28-32)51(5,6)37-25-26-44-48(46(34)37)54-43-14-10-9-13-42(43)53-44/h7-28H,1-6H3. The molecule has 3 heteroatoms. The van der Waals surface area contributed by atoms with Crippen molar-refractivity contribution in [3.8, 4) is 56.0 Å². The predicted octanol–water partition coefficient (Wildman–Crippen LogP) is 14.7. The number of fused-ring (bicyclic) bond motifs is 12. The van der Waals surface area contributed by atoms with Gasteiger partial charge in [-0.15, -0.1) is 0 Å². The predicted molar refractivity (Wildman–Crippen MR) is 226 cm³/mol. The van der Waals surface area contributed by atoms with Gasteiger partial charge in [-0.05, 0) is 92.0 Å². The highest BCUT2D eigenvalue weighted by Crippen LogP contribution is 2.60. The Morgan fingerprint density at radius 3 is 1.56 bits per heavy atom. The van der Waals surface area contributed by atoms with Crippen LogP contribution in [0.25, 0.3) is 44.5 Å². The first-order valence-electron chi connectivity index (χ1n) is 19.0. The van der Waals surface area contributed by atoms with Crippen molar-refractivity contribution in [3.05, 3.63) is 167 Å². The second kappa shape index (κ2) is 11.1. The molecule has 0 aromatic heterocycles. The van der Waals surface area contributed by atoms with Gasteiger partial charge in [-0.1, -0.05) is 162 Å². The summed E-state index contributed by atoms with van der Waals surface area (Å²) < 4.78 is 6.77. The third-order valence-corrected chi connectivity index (χ3v) is 15.4. The lowest BCUT2D eigenvalue weighted by Gasteiger charge is -2.36. The molecule has 7 aromatic rings. The van der Waals surface area contributed by atoms with Crippen LogP contribution in [-0.2, 0) is 16.2 Å². The van der Waals surface area contributed by atoms with Crippen molar-refractivity contribution in [3.63, 3.8) is 0 Å². The maximum atomic E-state index is 6.77. The Morgan fingerprint density at radius 2 is 0.889 bits per heavy atom. The molecule has 0 saturated heterocycles. The van der Waals surface area contributed by atoms with Gasteiger partial charge in [0.2, 0.25) is 0 Å². The molecule has 262 valence electrons. The molecular weight excluding hydrogens is 693 g/mol. The van der Waals surface area contributed by atoms with Gasteiger partial charge in [0, 0.05) is 58.1 Å². The zero-order valence-corrected chi connectivity index (χ0v) is 33.1. The number of rotatable bonds is 2. The van der Waals surface area contributed by atoms with Gasteiger partial charge in [0.15, 0.2) is 0 Å². The van der Waals surface area contributed by atoms with Crippen molar-refractivity contribution < 1.29 is 4.74 Å². The quantitative estimate of drug-likeness (QED) is 0.175. The summed E-state index contributed by atoms with van der Waals surface area (Å²) in [5.41, 5.74) is 18.0. The van der Waals surface area contributed by atoms with Crippen molar-refractivity contribution in [2.45, 2.75) is 77.4 Å². The monoisotopic (exact) mass is 732 g/mol. The molecule has 0 atom stereocenters. The molecule has 2 aliphatic heterocycles. The highest BCUT2D eigenvalue weighted by atomic mass is 32.2. The molecule has 1 nitrogen and oxygen atoms in total. The fourth-order valence-corrected chi connectivity index (χ4v) is 12.1. The third kappa shape index (κ3) is 4.37. The summed E-state index contributed by atoms with van der Waals surface area (Å²) in [6, 6.07) is 50.1. The van der Waals surface area contributed by atoms with Gasteiger partial charge in [0.1, 0.15) is 11.5 Å². The van der Waals surface area contributed by atoms with Crippen molar-refractivity contribution in [1.29, 1.82) is 0 Å². The lowest BCUT2D eigenvalue weighted by Crippen LogP contribution is -2.25. The fraction of sp³-hybridized carbons (Fsp3) is 0.176. The van der Waals surface area contributed by atoms with Crippen molar-refractivity contribution in [2.24, 2.45) is 0 Å². The summed E-state index contributed by atoms with van der Waals surface area (Å²) in [5, 5.41) is 0. The van der Waals surface area contributed by atoms with E-state index in [1.54, 1.807) is 0 Å². The average molecular weight is 733 g/mol. The van der Waals surface area contributed by atoms with E-state index in [1.807, 2.05) is 23.5 Å². The highest BCUT2D eigenvalue weighted by molar-refractivity contribution is 8.05. The molecule has 0 fully saturated rings. The van der Waals surface area contributed by atoms with Gasteiger partial charge in [-0.25, -0.2) is 0 Å². The molecule has 54 heavy (non-hydrogen) atoms. The normalized spacial score (nSPS) is 16.8. The van der Waals surface area contributed by atoms with Crippen LogP contribution in [0.2, 0.25) is 0 Å². The zero-order chi connectivity index (χ0) is 36.7. The van der Waals surface area contributed by atoms with Crippen LogP contribution in [0.3, 0.4) is 0 Å². The smallest absolute Gasteiger partial charge is 0.139 e. The van der Waals surface area contributed by atoms with E-state index in [2.05, 4.69) is 175 Å². The van der Waals surface area contributed by atoms with E-state index in [0.29, 0.717) is 0 Å². The van der Waals surface area contributed by atoms with Crippen LogP contribution in [0.1, 0.15) is 74.9 Å². The third-order valence-electron chi connectivity index (χ3n) is 12.8. The van der Waals surface area contributed by atoms with Gasteiger partial charge < -0.3 is 4.74 Å². The van der Waals surface area contributed by atoms with Gasteiger partial charge >= 0.3 is 0 Å². The van der Waals surface area contributed by atoms with E-state index in [-0.39, 0.29) is 16.2 Å². The van der Waals surface area contributed by atoms with Crippen LogP contribution in [0.15, 0.2) is 153 Å². The molecule has 11 rings (SSSR count). The highest BCUT2D eigenvalue weighted by Gasteiger charge is 2.43. The van der Waals surface area contributed by atoms with Gasteiger partial charge in [-0.2, -0.15) is 0 Å². The fourth-order valence-electron chi connectivity index (χ4n) is 9.74. The lowest BCUT2D eigenvalue weighted by molar-refractivity contribution is 0.419. The minimum Gasteiger partial charge on any atom is -0.456 e. The SMILES string of the molecule is CC1(C)c2ccccc2Oc2c1ccc1c2-c2ccc(-c3ccc(-c4ccc5c(c4)C(C)(C)c4ccc6c(c4-5)Sc4ccccc4S6)cc3)cc2C1(C)C. The molecule has 0 unspecified atom stereocenters. The van der Waals surface area contributed by atoms with E-state index >= 15 is 0 Å². The Balaban J connectivity index is 0.933. The minimum atomic E-state index is -0.144.